The van der Waals surface area contributed by atoms with E-state index in [-0.39, 0.29) is 27.1 Å². The van der Waals surface area contributed by atoms with Gasteiger partial charge in [-0.25, -0.2) is 0 Å². The molecule has 0 nitrogen and oxygen atoms in total. The molecule has 0 heteroatoms. The number of hydrogen-bond donors (Lipinski definition) is 0. The fourth-order valence-corrected chi connectivity index (χ4v) is 12.7. The summed E-state index contributed by atoms with van der Waals surface area (Å²) in [6.07, 6.45) is 25.7. The van der Waals surface area contributed by atoms with E-state index < -0.39 is 0 Å². The molecule has 0 aliphatic heterocycles. The highest BCUT2D eigenvalue weighted by molar-refractivity contribution is 5.55. The molecule has 0 amide bonds. The van der Waals surface area contributed by atoms with Gasteiger partial charge in [0.15, 0.2) is 0 Å². The standard InChI is InChI=1S/C17H36.C15H30.C12H24.C10H18.2C10H20.C8H14.C8H12.C6H8.C6H10/c1-13(2,3)15(7,8)17(11,12)16(9,10)14(4,5)6;1-11(13(3,4)5)12(2)15(9,10)14(6,7)8;1-9(2)10(3,4)12(7,8)11(9,5)6;1-7-8(2)10(5,6)9(7,3)4;1-9(2,3)7-8-10(4,5)6;1-7-8-10(5,6)9(2,3)4;1-7(2)5-6-8(7,3)4;1-5-6(2)8(4)7(5)3;1-5-3-4-6(5)2;1-3-5-6-4-2/h1-12H3;1-10H3;1-8H3;1-6H3;2*7-8H,1-6H3;5-6H,1-4H3;1-4H3;3-4H,1-2H3;3-6H,1-2H3/b;12-11-;;;;;;;;. The van der Waals surface area contributed by atoms with Crippen molar-refractivity contribution in [3.05, 3.63) is 129 Å². The van der Waals surface area contributed by atoms with Gasteiger partial charge in [-0.3, -0.25) is 0 Å². The quantitative estimate of drug-likeness (QED) is 0.190. The highest BCUT2D eigenvalue weighted by Gasteiger charge is 2.71. The molecule has 1 fully saturated rings. The Labute approximate surface area is 648 Å². The van der Waals surface area contributed by atoms with Crippen molar-refractivity contribution in [2.45, 2.75) is 415 Å². The van der Waals surface area contributed by atoms with Crippen molar-refractivity contribution in [3.8, 4) is 0 Å². The Morgan fingerprint density at radius 2 is 0.529 bits per heavy atom. The van der Waals surface area contributed by atoms with Crippen molar-refractivity contribution >= 4 is 0 Å². The fraction of sp³-hybridized carbons (Fsp3) is 0.784. The zero-order chi connectivity index (χ0) is 84.3. The summed E-state index contributed by atoms with van der Waals surface area (Å²) in [7, 11) is 0. The lowest BCUT2D eigenvalue weighted by Crippen LogP contribution is -2.70. The molecule has 0 N–H and O–H groups in total. The Morgan fingerprint density at radius 1 is 0.294 bits per heavy atom. The van der Waals surface area contributed by atoms with Crippen LogP contribution in [0.15, 0.2) is 129 Å². The Bertz CT molecular complexity index is 2740. The van der Waals surface area contributed by atoms with Gasteiger partial charge in [-0.05, 0) is 232 Å². The van der Waals surface area contributed by atoms with Crippen molar-refractivity contribution < 1.29 is 0 Å². The van der Waals surface area contributed by atoms with Gasteiger partial charge in [-0.1, -0.05) is 421 Å². The summed E-state index contributed by atoms with van der Waals surface area (Å²) in [4.78, 5) is 0. The maximum absolute atomic E-state index is 2.45. The zero-order valence-corrected chi connectivity index (χ0v) is 81.9. The van der Waals surface area contributed by atoms with Crippen LogP contribution in [-0.4, -0.2) is 0 Å². The summed E-state index contributed by atoms with van der Waals surface area (Å²) in [5.41, 5.74) is 22.2. The number of hydrogen-bond acceptors (Lipinski definition) is 0. The van der Waals surface area contributed by atoms with Crippen LogP contribution < -0.4 is 0 Å². The van der Waals surface area contributed by atoms with E-state index in [0.717, 1.165) is 0 Å². The van der Waals surface area contributed by atoms with E-state index in [2.05, 4.69) is 450 Å². The van der Waals surface area contributed by atoms with Crippen LogP contribution in [0.4, 0.5) is 0 Å². The van der Waals surface area contributed by atoms with E-state index in [1.54, 1.807) is 16.7 Å². The van der Waals surface area contributed by atoms with E-state index in [0.29, 0.717) is 81.2 Å². The zero-order valence-electron chi connectivity index (χ0n) is 81.9. The first-order chi connectivity index (χ1) is 44.0. The molecular formula is C102H192. The van der Waals surface area contributed by atoms with E-state index >= 15 is 0 Å². The highest BCUT2D eigenvalue weighted by Crippen LogP contribution is 2.77. The largest absolute Gasteiger partial charge is 0.0911 e. The number of allylic oxidation sites excluding steroid dienone is 22. The van der Waals surface area contributed by atoms with E-state index in [4.69, 9.17) is 0 Å². The molecule has 1 saturated carbocycles. The van der Waals surface area contributed by atoms with Gasteiger partial charge in [-0.15, -0.1) is 0 Å². The van der Waals surface area contributed by atoms with Crippen LogP contribution in [0, 0.1) is 108 Å². The highest BCUT2D eigenvalue weighted by atomic mass is 14.8. The summed E-state index contributed by atoms with van der Waals surface area (Å²) >= 11 is 0. The lowest BCUT2D eigenvalue weighted by Gasteiger charge is -2.76. The Kier molecular flexibility index (Phi) is 38.6. The normalized spacial score (nSPS) is 20.4. The van der Waals surface area contributed by atoms with Gasteiger partial charge in [0.05, 0.1) is 0 Å². The summed E-state index contributed by atoms with van der Waals surface area (Å²) in [6.45, 7) is 138. The second kappa shape index (κ2) is 36.6. The molecule has 0 spiro atoms. The summed E-state index contributed by atoms with van der Waals surface area (Å²) in [6, 6.07) is 0. The van der Waals surface area contributed by atoms with Crippen molar-refractivity contribution in [3.63, 3.8) is 0 Å². The van der Waals surface area contributed by atoms with E-state index in [1.165, 1.54) is 39.0 Å². The van der Waals surface area contributed by atoms with Gasteiger partial charge in [0.2, 0.25) is 0 Å². The first-order valence-electron chi connectivity index (χ1n) is 40.3. The second-order valence-electron chi connectivity index (χ2n) is 46.3. The third kappa shape index (κ3) is 26.8. The topological polar surface area (TPSA) is 0 Å². The molecule has 0 radical (unpaired) electrons. The summed E-state index contributed by atoms with van der Waals surface area (Å²) in [5.74, 6) is 0. The smallest absolute Gasteiger partial charge is 0.00564 e. The summed E-state index contributed by atoms with van der Waals surface area (Å²) in [5, 5.41) is 0. The van der Waals surface area contributed by atoms with Crippen LogP contribution in [0.3, 0.4) is 0 Å². The molecule has 0 aromatic rings. The predicted molar refractivity (Wildman–Crippen MR) is 479 cm³/mol. The Balaban J connectivity index is -0.000000346. The van der Waals surface area contributed by atoms with Crippen molar-refractivity contribution in [2.75, 3.05) is 0 Å². The SMILES string of the molecule is C/C(=C(\C)C(C)(C)C(C)(C)C)C(C)(C)C.CC(C)(C)C(C)(C)C(C)(C)C(C)(C)C(C)(C)C.CC(C)(C)C=CC(C)(C)C.CC1(C)C(C)(C)C(C)(C)C1(C)C.CC1(C)C=CC1(C)C.CC1=C(C)C(C)(C)C1(C)C.CC1=C(C)C(C)=C1C.CC1=C(C)C=C1.CC=CC(C)(C)C(C)(C)C.CC=CC=CC. The predicted octanol–water partition coefficient (Wildman–Crippen LogP) is 35.7. The molecule has 5 aliphatic carbocycles. The molecule has 0 heterocycles. The van der Waals surface area contributed by atoms with Crippen LogP contribution in [0.2, 0.25) is 0 Å². The van der Waals surface area contributed by atoms with E-state index in [1.807, 2.05) is 38.2 Å². The minimum absolute atomic E-state index is 0.254. The average Bonchev–Trinajstić information content (AvgIpc) is 0.668. The molecule has 5 rings (SSSR count). The van der Waals surface area contributed by atoms with Crippen molar-refractivity contribution in [1.29, 1.82) is 0 Å². The van der Waals surface area contributed by atoms with Crippen molar-refractivity contribution in [1.82, 2.24) is 0 Å². The first kappa shape index (κ1) is 108. The van der Waals surface area contributed by atoms with Crippen LogP contribution in [-0.2, 0) is 0 Å². The molecule has 0 unspecified atom stereocenters. The molecule has 5 aliphatic rings. The van der Waals surface area contributed by atoms with Crippen LogP contribution in [0.25, 0.3) is 0 Å². The minimum atomic E-state index is 0.254. The van der Waals surface area contributed by atoms with Gasteiger partial charge in [-0.2, -0.15) is 0 Å². The Morgan fingerprint density at radius 3 is 0.637 bits per heavy atom. The van der Waals surface area contributed by atoms with Crippen LogP contribution in [0.5, 0.6) is 0 Å². The fourth-order valence-electron chi connectivity index (χ4n) is 12.7. The molecule has 600 valence electrons. The van der Waals surface area contributed by atoms with Gasteiger partial charge < -0.3 is 0 Å². The molecule has 0 saturated heterocycles. The van der Waals surface area contributed by atoms with Gasteiger partial charge >= 0.3 is 0 Å². The van der Waals surface area contributed by atoms with Gasteiger partial charge in [0, 0.05) is 0 Å². The molecule has 0 aromatic carbocycles. The first-order valence-corrected chi connectivity index (χ1v) is 40.3. The number of rotatable bonds is 5. The Hall–Kier alpha value is -2.86. The van der Waals surface area contributed by atoms with Crippen molar-refractivity contribution in [2.24, 2.45) is 108 Å². The molecule has 0 aromatic heterocycles. The molecule has 102 heavy (non-hydrogen) atoms. The maximum atomic E-state index is 2.45. The lowest BCUT2D eigenvalue weighted by molar-refractivity contribution is -0.283. The van der Waals surface area contributed by atoms with E-state index in [9.17, 15) is 0 Å². The third-order valence-corrected chi connectivity index (χ3v) is 31.8. The lowest BCUT2D eigenvalue weighted by atomic mass is 9.28. The van der Waals surface area contributed by atoms with Gasteiger partial charge in [0.25, 0.3) is 0 Å². The second-order valence-corrected chi connectivity index (χ2v) is 46.3. The minimum Gasteiger partial charge on any atom is -0.0911 e. The molecular weight excluding hydrogens is 1230 g/mol. The van der Waals surface area contributed by atoms with Crippen LogP contribution >= 0.6 is 0 Å². The molecule has 0 bridgehead atoms. The average molecular weight is 1420 g/mol. The monoisotopic (exact) mass is 1420 g/mol. The summed E-state index contributed by atoms with van der Waals surface area (Å²) < 4.78 is 0. The van der Waals surface area contributed by atoms with Gasteiger partial charge in [0.1, 0.15) is 0 Å². The van der Waals surface area contributed by atoms with Crippen LogP contribution in [0.1, 0.15) is 415 Å². The maximum Gasteiger partial charge on any atom is -0.00564 e. The molecule has 0 atom stereocenters. The third-order valence-electron chi connectivity index (χ3n) is 31.8.